The molecule has 0 aliphatic carbocycles. The highest BCUT2D eigenvalue weighted by Crippen LogP contribution is 2.29. The van der Waals surface area contributed by atoms with E-state index in [9.17, 15) is 8.78 Å². The molecule has 1 heterocycles. The quantitative estimate of drug-likeness (QED) is 0.906. The second-order valence-corrected chi connectivity index (χ2v) is 5.06. The molecule has 6 heteroatoms. The number of nitrogens with zero attached hydrogens (tertiary/aromatic N) is 1. The number of aromatic nitrogens is 1. The van der Waals surface area contributed by atoms with Crippen molar-refractivity contribution in [2.24, 2.45) is 0 Å². The lowest BCUT2D eigenvalue weighted by atomic mass is 10.0. The monoisotopic (exact) mass is 316 g/mol. The molecule has 0 saturated carbocycles. The maximum absolute atomic E-state index is 13.4. The molecule has 2 aromatic rings. The molecule has 1 aromatic carbocycles. The molecule has 2 rings (SSSR count). The van der Waals surface area contributed by atoms with Crippen LogP contribution in [0.25, 0.3) is 0 Å². The second kappa shape index (κ2) is 6.48. The highest BCUT2D eigenvalue weighted by molar-refractivity contribution is 6.34. The molecule has 0 saturated heterocycles. The molecule has 0 amide bonds. The van der Waals surface area contributed by atoms with Crippen LogP contribution in [0.5, 0.6) is 0 Å². The van der Waals surface area contributed by atoms with Gasteiger partial charge in [0.15, 0.2) is 0 Å². The average molecular weight is 317 g/mol. The van der Waals surface area contributed by atoms with E-state index in [2.05, 4.69) is 10.3 Å². The van der Waals surface area contributed by atoms with Crippen molar-refractivity contribution < 1.29 is 8.78 Å². The van der Waals surface area contributed by atoms with E-state index in [0.29, 0.717) is 27.8 Å². The lowest BCUT2D eigenvalue weighted by molar-refractivity contribution is 0.562. The predicted octanol–water partition coefficient (Wildman–Crippen LogP) is 4.37. The van der Waals surface area contributed by atoms with E-state index in [1.807, 2.05) is 6.92 Å². The van der Waals surface area contributed by atoms with E-state index in [4.69, 9.17) is 23.2 Å². The van der Waals surface area contributed by atoms with E-state index in [-0.39, 0.29) is 0 Å². The molecule has 0 bridgehead atoms. The fourth-order valence-corrected chi connectivity index (χ4v) is 2.45. The zero-order valence-electron chi connectivity index (χ0n) is 10.6. The van der Waals surface area contributed by atoms with Gasteiger partial charge in [-0.15, -0.1) is 0 Å². The van der Waals surface area contributed by atoms with Gasteiger partial charge in [0, 0.05) is 12.3 Å². The van der Waals surface area contributed by atoms with Gasteiger partial charge in [-0.05, 0) is 30.3 Å². The van der Waals surface area contributed by atoms with E-state index in [1.165, 1.54) is 18.3 Å². The Bertz CT molecular complexity index is 600. The van der Waals surface area contributed by atoms with Crippen LogP contribution < -0.4 is 5.32 Å². The zero-order valence-corrected chi connectivity index (χ0v) is 12.1. The second-order valence-electron chi connectivity index (χ2n) is 4.21. The van der Waals surface area contributed by atoms with Crippen LogP contribution in [0.3, 0.4) is 0 Å². The third-order valence-corrected chi connectivity index (χ3v) is 3.25. The molecule has 106 valence electrons. The number of halogens is 4. The van der Waals surface area contributed by atoms with E-state index >= 15 is 0 Å². The Hall–Kier alpha value is -1.23. The summed E-state index contributed by atoms with van der Waals surface area (Å²) in [6, 6.07) is 4.37. The molecule has 1 aromatic heterocycles. The minimum Gasteiger partial charge on any atom is -0.305 e. The third-order valence-electron chi connectivity index (χ3n) is 2.74. The Morgan fingerprint density at radius 2 is 1.80 bits per heavy atom. The smallest absolute Gasteiger partial charge is 0.126 e. The number of hydrogen-bond donors (Lipinski definition) is 1. The molecule has 1 N–H and O–H groups in total. The fraction of sp³-hybridized carbons (Fsp3) is 0.214. The maximum atomic E-state index is 13.4. The van der Waals surface area contributed by atoms with Gasteiger partial charge in [0.05, 0.1) is 21.8 Å². The summed E-state index contributed by atoms with van der Waals surface area (Å²) in [7, 11) is 0. The molecule has 1 unspecified atom stereocenters. The first-order valence-electron chi connectivity index (χ1n) is 6.01. The summed E-state index contributed by atoms with van der Waals surface area (Å²) in [6.45, 7) is 2.47. The van der Waals surface area contributed by atoms with Gasteiger partial charge in [-0.1, -0.05) is 30.1 Å². The Labute approximate surface area is 125 Å². The van der Waals surface area contributed by atoms with Gasteiger partial charge in [0.25, 0.3) is 0 Å². The minimum absolute atomic E-state index is 0.341. The van der Waals surface area contributed by atoms with Crippen LogP contribution in [-0.2, 0) is 0 Å². The number of rotatable bonds is 4. The van der Waals surface area contributed by atoms with Crippen molar-refractivity contribution in [3.8, 4) is 0 Å². The minimum atomic E-state index is -0.645. The fourth-order valence-electron chi connectivity index (χ4n) is 1.96. The van der Waals surface area contributed by atoms with E-state index < -0.39 is 17.7 Å². The summed E-state index contributed by atoms with van der Waals surface area (Å²) in [6.07, 6.45) is 1.45. The van der Waals surface area contributed by atoms with Crippen LogP contribution in [0.4, 0.5) is 8.78 Å². The van der Waals surface area contributed by atoms with Crippen molar-refractivity contribution in [2.45, 2.75) is 13.0 Å². The number of hydrogen-bond acceptors (Lipinski definition) is 2. The van der Waals surface area contributed by atoms with Gasteiger partial charge in [-0.3, -0.25) is 4.98 Å². The van der Waals surface area contributed by atoms with Crippen molar-refractivity contribution in [2.75, 3.05) is 6.54 Å². The van der Waals surface area contributed by atoms with Crippen molar-refractivity contribution >= 4 is 23.2 Å². The zero-order chi connectivity index (χ0) is 14.7. The number of benzene rings is 1. The normalized spacial score (nSPS) is 12.4. The summed E-state index contributed by atoms with van der Waals surface area (Å²) in [4.78, 5) is 4.16. The highest BCUT2D eigenvalue weighted by Gasteiger charge is 2.19. The summed E-state index contributed by atoms with van der Waals surface area (Å²) >= 11 is 11.9. The Morgan fingerprint density at radius 3 is 2.35 bits per heavy atom. The van der Waals surface area contributed by atoms with Crippen molar-refractivity contribution in [3.63, 3.8) is 0 Å². The van der Waals surface area contributed by atoms with Crippen LogP contribution in [0.15, 0.2) is 30.5 Å². The summed E-state index contributed by atoms with van der Waals surface area (Å²) in [5.41, 5.74) is 0.893. The molecule has 0 spiro atoms. The molecule has 2 nitrogen and oxygen atoms in total. The third kappa shape index (κ3) is 3.45. The van der Waals surface area contributed by atoms with Crippen LogP contribution in [-0.4, -0.2) is 11.5 Å². The molecule has 0 aliphatic heterocycles. The Morgan fingerprint density at radius 1 is 1.15 bits per heavy atom. The van der Waals surface area contributed by atoms with Gasteiger partial charge < -0.3 is 5.32 Å². The standard InChI is InChI=1S/C14H12Cl2F2N2/c1-2-19-13(8-3-10(17)6-11(18)4-8)14-12(16)5-9(15)7-20-14/h3-7,13,19H,2H2,1H3. The first kappa shape index (κ1) is 15.2. The molecule has 20 heavy (non-hydrogen) atoms. The topological polar surface area (TPSA) is 24.9 Å². The highest BCUT2D eigenvalue weighted by atomic mass is 35.5. The van der Waals surface area contributed by atoms with Gasteiger partial charge in [-0.2, -0.15) is 0 Å². The molecular weight excluding hydrogens is 305 g/mol. The Balaban J connectivity index is 2.49. The number of nitrogens with one attached hydrogen (secondary N) is 1. The van der Waals surface area contributed by atoms with Crippen LogP contribution in [0.1, 0.15) is 24.2 Å². The molecule has 0 fully saturated rings. The van der Waals surface area contributed by atoms with Crippen LogP contribution >= 0.6 is 23.2 Å². The van der Waals surface area contributed by atoms with Crippen molar-refractivity contribution in [1.29, 1.82) is 0 Å². The Kier molecular flexibility index (Phi) is 4.91. The first-order valence-corrected chi connectivity index (χ1v) is 6.77. The SMILES string of the molecule is CCNC(c1cc(F)cc(F)c1)c1ncc(Cl)cc1Cl. The average Bonchev–Trinajstić information content (AvgIpc) is 2.35. The van der Waals surface area contributed by atoms with Gasteiger partial charge in [0.1, 0.15) is 11.6 Å². The maximum Gasteiger partial charge on any atom is 0.126 e. The summed E-state index contributed by atoms with van der Waals surface area (Å²) < 4.78 is 26.7. The molecule has 0 radical (unpaired) electrons. The van der Waals surface area contributed by atoms with E-state index in [0.717, 1.165) is 6.07 Å². The van der Waals surface area contributed by atoms with Crippen LogP contribution in [0.2, 0.25) is 10.0 Å². The van der Waals surface area contributed by atoms with Gasteiger partial charge in [0.2, 0.25) is 0 Å². The van der Waals surface area contributed by atoms with E-state index in [1.54, 1.807) is 6.07 Å². The van der Waals surface area contributed by atoms with Crippen molar-refractivity contribution in [1.82, 2.24) is 10.3 Å². The molecule has 0 aliphatic rings. The largest absolute Gasteiger partial charge is 0.305 e. The first-order chi connectivity index (χ1) is 9.51. The van der Waals surface area contributed by atoms with Crippen LogP contribution in [0, 0.1) is 11.6 Å². The summed E-state index contributed by atoms with van der Waals surface area (Å²) in [5.74, 6) is -1.29. The summed E-state index contributed by atoms with van der Waals surface area (Å²) in [5, 5.41) is 3.85. The lowest BCUT2D eigenvalue weighted by Gasteiger charge is -2.19. The molecule has 1 atom stereocenters. The van der Waals surface area contributed by atoms with Gasteiger partial charge in [-0.25, -0.2) is 8.78 Å². The number of pyridine rings is 1. The predicted molar refractivity (Wildman–Crippen MR) is 76.1 cm³/mol. The lowest BCUT2D eigenvalue weighted by Crippen LogP contribution is -2.23. The van der Waals surface area contributed by atoms with Crippen molar-refractivity contribution in [3.05, 3.63) is 63.4 Å². The molecular formula is C14H12Cl2F2N2. The van der Waals surface area contributed by atoms with Gasteiger partial charge >= 0.3 is 0 Å².